The van der Waals surface area contributed by atoms with Gasteiger partial charge in [-0.1, -0.05) is 60.7 Å². The van der Waals surface area contributed by atoms with E-state index in [0.29, 0.717) is 6.61 Å². The predicted octanol–water partition coefficient (Wildman–Crippen LogP) is 1.51. The van der Waals surface area contributed by atoms with Gasteiger partial charge in [-0.05, 0) is 11.1 Å². The summed E-state index contributed by atoms with van der Waals surface area (Å²) in [5.41, 5.74) is 1.93. The maximum Gasteiger partial charge on any atom is 0.318 e. The lowest BCUT2D eigenvalue weighted by molar-refractivity contribution is -0.858. The maximum atomic E-state index is 12.5. The number of benzene rings is 2. The minimum Gasteiger partial charge on any atom is -0.459 e. The van der Waals surface area contributed by atoms with E-state index in [1.165, 1.54) is 4.90 Å². The molecule has 0 atom stereocenters. The van der Waals surface area contributed by atoms with E-state index in [2.05, 4.69) is 0 Å². The van der Waals surface area contributed by atoms with Crippen molar-refractivity contribution in [2.24, 2.45) is 0 Å². The summed E-state index contributed by atoms with van der Waals surface area (Å²) in [7, 11) is 4.08. The lowest BCUT2D eigenvalue weighted by atomic mass is 9.91. The topological polar surface area (TPSA) is 30.7 Å². The third-order valence-corrected chi connectivity index (χ3v) is 3.35. The largest absolute Gasteiger partial charge is 0.459 e. The molecule has 2 rings (SSSR count). The number of ether oxygens (including phenoxy) is 1. The first-order chi connectivity index (χ1) is 10.2. The van der Waals surface area contributed by atoms with Crippen LogP contribution >= 0.6 is 0 Å². The van der Waals surface area contributed by atoms with Crippen molar-refractivity contribution in [3.8, 4) is 0 Å². The zero-order valence-corrected chi connectivity index (χ0v) is 12.6. The number of hydrogen-bond acceptors (Lipinski definition) is 2. The third kappa shape index (κ3) is 4.43. The molecule has 0 saturated heterocycles. The van der Waals surface area contributed by atoms with E-state index in [4.69, 9.17) is 4.74 Å². The van der Waals surface area contributed by atoms with Gasteiger partial charge < -0.3 is 9.64 Å². The number of quaternary nitrogens is 1. The van der Waals surface area contributed by atoms with Crippen LogP contribution in [0.4, 0.5) is 0 Å². The highest BCUT2D eigenvalue weighted by Gasteiger charge is 2.24. The standard InChI is InChI=1S/C18H21NO2/c1-19(2)13-14-21-18(20)17(15-9-5-3-6-10-15)16-11-7-4-8-12-16/h3-12,17H,13-14H2,1-2H3/p+1. The minimum absolute atomic E-state index is 0.186. The highest BCUT2D eigenvalue weighted by atomic mass is 16.5. The van der Waals surface area contributed by atoms with Gasteiger partial charge in [0.1, 0.15) is 19.1 Å². The fraction of sp³-hybridized carbons (Fsp3) is 0.278. The van der Waals surface area contributed by atoms with Crippen molar-refractivity contribution >= 4 is 5.97 Å². The number of nitrogens with one attached hydrogen (secondary N) is 1. The summed E-state index contributed by atoms with van der Waals surface area (Å²) >= 11 is 0. The molecule has 0 fully saturated rings. The second kappa shape index (κ2) is 7.60. The Kier molecular flexibility index (Phi) is 5.52. The van der Waals surface area contributed by atoms with Crippen molar-refractivity contribution < 1.29 is 14.4 Å². The Labute approximate surface area is 126 Å². The van der Waals surface area contributed by atoms with Crippen LogP contribution in [0.25, 0.3) is 0 Å². The number of likely N-dealkylation sites (N-methyl/N-ethyl adjacent to an activating group) is 1. The Morgan fingerprint density at radius 2 is 1.43 bits per heavy atom. The molecule has 0 unspecified atom stereocenters. The second-order valence-electron chi connectivity index (χ2n) is 5.38. The molecule has 0 saturated carbocycles. The molecule has 0 aromatic heterocycles. The number of hydrogen-bond donors (Lipinski definition) is 1. The van der Waals surface area contributed by atoms with E-state index in [1.54, 1.807) is 0 Å². The van der Waals surface area contributed by atoms with Gasteiger partial charge in [0.2, 0.25) is 0 Å². The van der Waals surface area contributed by atoms with Crippen molar-refractivity contribution in [1.82, 2.24) is 0 Å². The second-order valence-corrected chi connectivity index (χ2v) is 5.38. The maximum absolute atomic E-state index is 12.5. The predicted molar refractivity (Wildman–Crippen MR) is 83.4 cm³/mol. The first-order valence-corrected chi connectivity index (χ1v) is 7.24. The van der Waals surface area contributed by atoms with E-state index in [9.17, 15) is 4.79 Å². The molecule has 0 bridgehead atoms. The van der Waals surface area contributed by atoms with Crippen LogP contribution in [0.5, 0.6) is 0 Å². The highest BCUT2D eigenvalue weighted by Crippen LogP contribution is 2.25. The van der Waals surface area contributed by atoms with Crippen molar-refractivity contribution in [3.05, 3.63) is 71.8 Å². The lowest BCUT2D eigenvalue weighted by Gasteiger charge is -2.17. The van der Waals surface area contributed by atoms with Crippen molar-refractivity contribution in [2.75, 3.05) is 27.2 Å². The first-order valence-electron chi connectivity index (χ1n) is 7.24. The number of esters is 1. The minimum atomic E-state index is -0.357. The average Bonchev–Trinajstić information content (AvgIpc) is 2.49. The molecule has 0 amide bonds. The molecule has 1 N–H and O–H groups in total. The Morgan fingerprint density at radius 3 is 1.86 bits per heavy atom. The van der Waals surface area contributed by atoms with Gasteiger partial charge in [-0.2, -0.15) is 0 Å². The van der Waals surface area contributed by atoms with Gasteiger partial charge in [0.15, 0.2) is 0 Å². The fourth-order valence-electron chi connectivity index (χ4n) is 2.19. The molecule has 2 aromatic rings. The van der Waals surface area contributed by atoms with Crippen molar-refractivity contribution in [3.63, 3.8) is 0 Å². The molecule has 2 aromatic carbocycles. The molecule has 0 aliphatic carbocycles. The van der Waals surface area contributed by atoms with Crippen LogP contribution in [0.1, 0.15) is 17.0 Å². The Bertz CT molecular complexity index is 512. The van der Waals surface area contributed by atoms with Crippen LogP contribution in [0.15, 0.2) is 60.7 Å². The smallest absolute Gasteiger partial charge is 0.318 e. The van der Waals surface area contributed by atoms with E-state index in [1.807, 2.05) is 74.8 Å². The molecule has 0 radical (unpaired) electrons. The SMILES string of the molecule is C[NH+](C)CCOC(=O)C(c1ccccc1)c1ccccc1. The summed E-state index contributed by atoms with van der Waals surface area (Å²) in [6, 6.07) is 19.6. The molecule has 0 aliphatic rings. The molecule has 0 spiro atoms. The molecular weight excluding hydrogens is 262 g/mol. The van der Waals surface area contributed by atoms with E-state index in [-0.39, 0.29) is 11.9 Å². The summed E-state index contributed by atoms with van der Waals surface area (Å²) in [6.45, 7) is 1.25. The number of carbonyl (C=O) groups excluding carboxylic acids is 1. The summed E-state index contributed by atoms with van der Waals surface area (Å²) in [6.07, 6.45) is 0. The molecule has 3 nitrogen and oxygen atoms in total. The molecule has 0 aliphatic heterocycles. The Morgan fingerprint density at radius 1 is 0.952 bits per heavy atom. The zero-order chi connectivity index (χ0) is 15.1. The van der Waals surface area contributed by atoms with Gasteiger partial charge in [-0.15, -0.1) is 0 Å². The van der Waals surface area contributed by atoms with E-state index in [0.717, 1.165) is 17.7 Å². The van der Waals surface area contributed by atoms with Gasteiger partial charge >= 0.3 is 5.97 Å². The van der Waals surface area contributed by atoms with E-state index >= 15 is 0 Å². The van der Waals surface area contributed by atoms with Crippen molar-refractivity contribution in [1.29, 1.82) is 0 Å². The molecule has 110 valence electrons. The Hall–Kier alpha value is -2.13. The highest BCUT2D eigenvalue weighted by molar-refractivity contribution is 5.82. The first kappa shape index (κ1) is 15.3. The van der Waals surface area contributed by atoms with Gasteiger partial charge in [0, 0.05) is 0 Å². The van der Waals surface area contributed by atoms with Crippen LogP contribution in [-0.2, 0) is 9.53 Å². The van der Waals surface area contributed by atoms with Crippen LogP contribution in [0.2, 0.25) is 0 Å². The van der Waals surface area contributed by atoms with Gasteiger partial charge in [0.05, 0.1) is 14.1 Å². The molecule has 3 heteroatoms. The van der Waals surface area contributed by atoms with Gasteiger partial charge in [-0.3, -0.25) is 4.79 Å². The van der Waals surface area contributed by atoms with E-state index < -0.39 is 0 Å². The van der Waals surface area contributed by atoms with Gasteiger partial charge in [0.25, 0.3) is 0 Å². The number of carbonyl (C=O) groups is 1. The monoisotopic (exact) mass is 284 g/mol. The lowest BCUT2D eigenvalue weighted by Crippen LogP contribution is -3.06. The molecule has 21 heavy (non-hydrogen) atoms. The van der Waals surface area contributed by atoms with Crippen LogP contribution in [0.3, 0.4) is 0 Å². The quantitative estimate of drug-likeness (QED) is 0.815. The summed E-state index contributed by atoms with van der Waals surface area (Å²) < 4.78 is 5.46. The zero-order valence-electron chi connectivity index (χ0n) is 12.6. The summed E-state index contributed by atoms with van der Waals surface area (Å²) in [4.78, 5) is 13.8. The summed E-state index contributed by atoms with van der Waals surface area (Å²) in [5.74, 6) is -0.543. The molecular formula is C18H22NO2+. The van der Waals surface area contributed by atoms with Crippen molar-refractivity contribution in [2.45, 2.75) is 5.92 Å². The molecule has 0 heterocycles. The third-order valence-electron chi connectivity index (χ3n) is 3.35. The number of rotatable bonds is 6. The van der Waals surface area contributed by atoms with Gasteiger partial charge in [-0.25, -0.2) is 0 Å². The van der Waals surface area contributed by atoms with Crippen LogP contribution in [0, 0.1) is 0 Å². The van der Waals surface area contributed by atoms with Crippen LogP contribution < -0.4 is 4.90 Å². The summed E-state index contributed by atoms with van der Waals surface area (Å²) in [5, 5.41) is 0. The normalized spacial score (nSPS) is 10.9. The van der Waals surface area contributed by atoms with Crippen LogP contribution in [-0.4, -0.2) is 33.2 Å². The Balaban J connectivity index is 2.19. The average molecular weight is 284 g/mol. The fourth-order valence-corrected chi connectivity index (χ4v) is 2.19.